The van der Waals surface area contributed by atoms with Crippen LogP contribution in [0.1, 0.15) is 65.4 Å². The average Bonchev–Trinajstić information content (AvgIpc) is 3.55. The molecular weight excluding hydrogens is 640 g/mol. The van der Waals surface area contributed by atoms with Crippen LogP contribution < -0.4 is 15.1 Å². The fraction of sp³-hybridized carbons (Fsp3) is 0.439. The molecule has 2 fully saturated rings. The number of hydrogen-bond acceptors (Lipinski definition) is 8. The number of carbonyl (C=O) groups excluding carboxylic acids is 2. The first-order chi connectivity index (χ1) is 24.9. The van der Waals surface area contributed by atoms with Crippen LogP contribution in [0.5, 0.6) is 0 Å². The number of ether oxygens (including phenoxy) is 2. The summed E-state index contributed by atoms with van der Waals surface area (Å²) in [5, 5.41) is 3.00. The van der Waals surface area contributed by atoms with Gasteiger partial charge in [-0.05, 0) is 87.1 Å². The van der Waals surface area contributed by atoms with Gasteiger partial charge in [0.1, 0.15) is 17.7 Å². The van der Waals surface area contributed by atoms with E-state index in [9.17, 15) is 9.59 Å². The fourth-order valence-electron chi connectivity index (χ4n) is 7.73. The van der Waals surface area contributed by atoms with Crippen LogP contribution >= 0.6 is 0 Å². The lowest BCUT2D eigenvalue weighted by molar-refractivity contribution is -0.112. The molecule has 10 heteroatoms. The summed E-state index contributed by atoms with van der Waals surface area (Å²) < 4.78 is 14.4. The molecule has 1 N–H and O–H groups in total. The Hall–Kier alpha value is -4.51. The van der Waals surface area contributed by atoms with Crippen molar-refractivity contribution in [2.75, 3.05) is 74.2 Å². The minimum Gasteiger partial charge on any atom is -0.379 e. The molecule has 2 aromatic carbocycles. The molecule has 3 aliphatic heterocycles. The normalized spacial score (nSPS) is 17.2. The van der Waals surface area contributed by atoms with Gasteiger partial charge in [-0.15, -0.1) is 0 Å². The molecule has 0 saturated carbocycles. The SMILES string of the molecule is CCCOC(c1cc(NC(=O)C(=O)c2c(-c3ccccc3)cc3n2CCCC3)ccc1N1CCN(c2cc(C)cc(C)n2)CC1)N1CCOCC1. The van der Waals surface area contributed by atoms with Gasteiger partial charge < -0.3 is 29.2 Å². The van der Waals surface area contributed by atoms with Crippen molar-refractivity contribution < 1.29 is 19.1 Å². The van der Waals surface area contributed by atoms with Crippen molar-refractivity contribution in [1.82, 2.24) is 14.5 Å². The van der Waals surface area contributed by atoms with E-state index in [1.807, 2.05) is 49.4 Å². The smallest absolute Gasteiger partial charge is 0.298 e. The maximum Gasteiger partial charge on any atom is 0.298 e. The predicted octanol–water partition coefficient (Wildman–Crippen LogP) is 6.41. The summed E-state index contributed by atoms with van der Waals surface area (Å²) >= 11 is 0. The predicted molar refractivity (Wildman–Crippen MR) is 202 cm³/mol. The molecule has 3 aliphatic rings. The van der Waals surface area contributed by atoms with E-state index in [1.54, 1.807) is 0 Å². The van der Waals surface area contributed by atoms with Gasteiger partial charge in [-0.1, -0.05) is 37.3 Å². The van der Waals surface area contributed by atoms with Gasteiger partial charge in [0, 0.05) is 86.3 Å². The highest BCUT2D eigenvalue weighted by Gasteiger charge is 2.31. The van der Waals surface area contributed by atoms with Gasteiger partial charge >= 0.3 is 0 Å². The lowest BCUT2D eigenvalue weighted by Crippen LogP contribution is -2.47. The molecule has 0 spiro atoms. The van der Waals surface area contributed by atoms with Gasteiger partial charge in [-0.3, -0.25) is 14.5 Å². The molecule has 51 heavy (non-hydrogen) atoms. The Kier molecular flexibility index (Phi) is 10.8. The number of hydrogen-bond donors (Lipinski definition) is 1. The minimum absolute atomic E-state index is 0.321. The number of morpholine rings is 1. The number of fused-ring (bicyclic) bond motifs is 1. The highest BCUT2D eigenvalue weighted by Crippen LogP contribution is 2.36. The van der Waals surface area contributed by atoms with Crippen LogP contribution in [-0.2, 0) is 27.2 Å². The van der Waals surface area contributed by atoms with Crippen molar-refractivity contribution in [1.29, 1.82) is 0 Å². The first-order valence-corrected chi connectivity index (χ1v) is 18.6. The molecular formula is C41H50N6O4. The topological polar surface area (TPSA) is 92.2 Å². The zero-order valence-electron chi connectivity index (χ0n) is 30.2. The molecule has 4 aromatic rings. The van der Waals surface area contributed by atoms with Gasteiger partial charge in [0.25, 0.3) is 11.7 Å². The average molecular weight is 691 g/mol. The second-order valence-corrected chi connectivity index (χ2v) is 13.9. The minimum atomic E-state index is -0.635. The highest BCUT2D eigenvalue weighted by molar-refractivity contribution is 6.47. The number of amides is 1. The number of rotatable bonds is 11. The molecule has 0 radical (unpaired) electrons. The third-order valence-electron chi connectivity index (χ3n) is 10.2. The van der Waals surface area contributed by atoms with E-state index in [0.717, 1.165) is 111 Å². The van der Waals surface area contributed by atoms with Gasteiger partial charge in [0.2, 0.25) is 0 Å². The van der Waals surface area contributed by atoms with Crippen LogP contribution in [0.4, 0.5) is 17.2 Å². The molecule has 268 valence electrons. The van der Waals surface area contributed by atoms with E-state index in [-0.39, 0.29) is 6.23 Å². The number of piperazine rings is 1. The largest absolute Gasteiger partial charge is 0.379 e. The van der Waals surface area contributed by atoms with Crippen molar-refractivity contribution in [2.24, 2.45) is 0 Å². The molecule has 10 nitrogen and oxygen atoms in total. The van der Waals surface area contributed by atoms with Crippen LogP contribution in [0.15, 0.2) is 66.7 Å². The molecule has 1 amide bonds. The Morgan fingerprint density at radius 3 is 2.39 bits per heavy atom. The summed E-state index contributed by atoms with van der Waals surface area (Å²) in [5.41, 5.74) is 8.22. The van der Waals surface area contributed by atoms with E-state index < -0.39 is 11.7 Å². The van der Waals surface area contributed by atoms with Crippen molar-refractivity contribution in [3.63, 3.8) is 0 Å². The summed E-state index contributed by atoms with van der Waals surface area (Å²) in [4.78, 5) is 39.9. The number of carbonyl (C=O) groups is 2. The third kappa shape index (κ3) is 7.73. The summed E-state index contributed by atoms with van der Waals surface area (Å²) in [6.07, 6.45) is 3.52. The fourth-order valence-corrected chi connectivity index (χ4v) is 7.73. The van der Waals surface area contributed by atoms with Crippen LogP contribution in [0.3, 0.4) is 0 Å². The van der Waals surface area contributed by atoms with Gasteiger partial charge in [-0.2, -0.15) is 0 Å². The van der Waals surface area contributed by atoms with Crippen LogP contribution in [0, 0.1) is 13.8 Å². The molecule has 7 rings (SSSR count). The number of ketones is 1. The summed E-state index contributed by atoms with van der Waals surface area (Å²) in [5.74, 6) is -0.132. The molecule has 2 saturated heterocycles. The zero-order chi connectivity index (χ0) is 35.3. The van der Waals surface area contributed by atoms with E-state index in [2.05, 4.69) is 62.7 Å². The Bertz CT molecular complexity index is 1820. The van der Waals surface area contributed by atoms with Crippen LogP contribution in [0.25, 0.3) is 11.1 Å². The number of aryl methyl sites for hydroxylation is 3. The third-order valence-corrected chi connectivity index (χ3v) is 10.2. The quantitative estimate of drug-likeness (QED) is 0.143. The molecule has 0 bridgehead atoms. The lowest BCUT2D eigenvalue weighted by atomic mass is 10.0. The molecule has 5 heterocycles. The van der Waals surface area contributed by atoms with E-state index in [1.165, 1.54) is 5.56 Å². The summed E-state index contributed by atoms with van der Waals surface area (Å²) in [6, 6.07) is 22.3. The van der Waals surface area contributed by atoms with Crippen molar-refractivity contribution in [3.8, 4) is 11.1 Å². The van der Waals surface area contributed by atoms with Crippen molar-refractivity contribution in [2.45, 2.75) is 59.2 Å². The van der Waals surface area contributed by atoms with E-state index in [4.69, 9.17) is 14.5 Å². The second kappa shape index (κ2) is 15.8. The van der Waals surface area contributed by atoms with Gasteiger partial charge in [0.15, 0.2) is 0 Å². The number of benzene rings is 2. The number of nitrogens with one attached hydrogen (secondary N) is 1. The maximum atomic E-state index is 14.1. The Balaban J connectivity index is 1.18. The first-order valence-electron chi connectivity index (χ1n) is 18.6. The van der Waals surface area contributed by atoms with Crippen LogP contribution in [-0.4, -0.2) is 85.2 Å². The number of anilines is 3. The Labute approximate surface area is 301 Å². The number of pyridine rings is 1. The molecule has 0 aliphatic carbocycles. The van der Waals surface area contributed by atoms with Gasteiger partial charge in [-0.25, -0.2) is 4.98 Å². The Morgan fingerprint density at radius 2 is 1.65 bits per heavy atom. The highest BCUT2D eigenvalue weighted by atomic mass is 16.5. The summed E-state index contributed by atoms with van der Waals surface area (Å²) in [7, 11) is 0. The van der Waals surface area contributed by atoms with Crippen LogP contribution in [0.2, 0.25) is 0 Å². The van der Waals surface area contributed by atoms with Gasteiger partial charge in [0.05, 0.1) is 13.2 Å². The number of nitrogens with zero attached hydrogens (tertiary/aromatic N) is 5. The Morgan fingerprint density at radius 1 is 0.882 bits per heavy atom. The number of Topliss-reactive ketones (excluding diaryl/α,β-unsaturated/α-hetero) is 1. The first kappa shape index (κ1) is 34.9. The molecule has 1 unspecified atom stereocenters. The van der Waals surface area contributed by atoms with E-state index in [0.29, 0.717) is 31.2 Å². The zero-order valence-corrected chi connectivity index (χ0v) is 30.2. The standard InChI is InChI=1S/C41H50N6O4/c1-4-22-51-41(46-20-23-50-24-21-46)35-27-32(13-14-36(35)44-16-18-45(19-17-44)37-26-29(2)25-30(3)42-37)43-40(49)39(48)38-34(31-10-6-5-7-11-31)28-33-12-8-9-15-47(33)38/h5-7,10-11,13-14,25-28,41H,4,8-9,12,15-24H2,1-3H3,(H,43,49). The number of aromatic nitrogens is 2. The van der Waals surface area contributed by atoms with Crippen molar-refractivity contribution >= 4 is 28.9 Å². The second-order valence-electron chi connectivity index (χ2n) is 13.9. The lowest BCUT2D eigenvalue weighted by Gasteiger charge is -2.40. The van der Waals surface area contributed by atoms with E-state index >= 15 is 0 Å². The monoisotopic (exact) mass is 690 g/mol. The molecule has 2 aromatic heterocycles. The van der Waals surface area contributed by atoms with Crippen molar-refractivity contribution in [3.05, 3.63) is 94.9 Å². The molecule has 1 atom stereocenters. The maximum absolute atomic E-state index is 14.1. The summed E-state index contributed by atoms with van der Waals surface area (Å²) in [6.45, 7) is 13.7.